The molecule has 0 unspecified atom stereocenters. The number of fused-ring (bicyclic) bond motifs is 5. The van der Waals surface area contributed by atoms with Gasteiger partial charge < -0.3 is 4.57 Å². The molecule has 0 bridgehead atoms. The van der Waals surface area contributed by atoms with Gasteiger partial charge in [-0.05, 0) is 75.1 Å². The van der Waals surface area contributed by atoms with E-state index in [-0.39, 0.29) is 0 Å². The van der Waals surface area contributed by atoms with Crippen molar-refractivity contribution in [1.82, 2.24) is 19.5 Å². The van der Waals surface area contributed by atoms with Crippen molar-refractivity contribution in [2.24, 2.45) is 0 Å². The molecule has 0 spiro atoms. The third-order valence-corrected chi connectivity index (χ3v) is 9.82. The largest absolute Gasteiger partial charge is 0.309 e. The molecule has 8 aromatic carbocycles. The summed E-state index contributed by atoms with van der Waals surface area (Å²) in [6.45, 7) is 0. The molecule has 0 N–H and O–H groups in total. The summed E-state index contributed by atoms with van der Waals surface area (Å²) in [7, 11) is 0. The lowest BCUT2D eigenvalue weighted by Crippen LogP contribution is -2.03. The van der Waals surface area contributed by atoms with Crippen LogP contribution in [-0.4, -0.2) is 19.5 Å². The molecule has 4 nitrogen and oxygen atoms in total. The predicted octanol–water partition coefficient (Wildman–Crippen LogP) is 11.9. The number of aromatic nitrogens is 4. The number of hydrogen-bond acceptors (Lipinski definition) is 3. The van der Waals surface area contributed by atoms with E-state index in [1.54, 1.807) is 0 Å². The van der Waals surface area contributed by atoms with E-state index in [0.717, 1.165) is 38.8 Å². The average molecular weight is 651 g/mol. The quantitative estimate of drug-likeness (QED) is 0.186. The summed E-state index contributed by atoms with van der Waals surface area (Å²) in [5.74, 6) is 1.91. The Morgan fingerprint density at radius 3 is 1.63 bits per heavy atom. The van der Waals surface area contributed by atoms with E-state index in [0.29, 0.717) is 17.5 Å². The summed E-state index contributed by atoms with van der Waals surface area (Å²) >= 11 is 0. The van der Waals surface area contributed by atoms with Crippen molar-refractivity contribution in [3.05, 3.63) is 182 Å². The summed E-state index contributed by atoms with van der Waals surface area (Å²) in [4.78, 5) is 15.3. The van der Waals surface area contributed by atoms with Crippen LogP contribution < -0.4 is 0 Å². The van der Waals surface area contributed by atoms with Gasteiger partial charge in [0, 0.05) is 27.5 Å². The zero-order valence-electron chi connectivity index (χ0n) is 27.6. The fourth-order valence-corrected chi connectivity index (χ4v) is 7.31. The first-order chi connectivity index (χ1) is 25.3. The van der Waals surface area contributed by atoms with E-state index in [1.165, 1.54) is 38.1 Å². The number of rotatable bonds is 5. The van der Waals surface area contributed by atoms with Gasteiger partial charge in [-0.1, -0.05) is 140 Å². The van der Waals surface area contributed by atoms with E-state index in [4.69, 9.17) is 15.0 Å². The molecule has 2 aromatic heterocycles. The first-order valence-corrected chi connectivity index (χ1v) is 17.2. The van der Waals surface area contributed by atoms with E-state index in [9.17, 15) is 0 Å². The third kappa shape index (κ3) is 5.04. The van der Waals surface area contributed by atoms with Crippen molar-refractivity contribution < 1.29 is 0 Å². The minimum atomic E-state index is 0.626. The first kappa shape index (κ1) is 29.0. The zero-order valence-corrected chi connectivity index (χ0v) is 27.6. The van der Waals surface area contributed by atoms with Crippen molar-refractivity contribution in [2.75, 3.05) is 0 Å². The topological polar surface area (TPSA) is 43.6 Å². The lowest BCUT2D eigenvalue weighted by molar-refractivity contribution is 1.06. The Labute approximate surface area is 295 Å². The highest BCUT2D eigenvalue weighted by molar-refractivity contribution is 6.11. The number of benzene rings is 8. The van der Waals surface area contributed by atoms with E-state index in [1.807, 2.05) is 18.2 Å². The molecule has 51 heavy (non-hydrogen) atoms. The zero-order chi connectivity index (χ0) is 33.7. The molecular formula is C47H30N4. The minimum Gasteiger partial charge on any atom is -0.309 e. The van der Waals surface area contributed by atoms with Gasteiger partial charge in [0.05, 0.1) is 16.7 Å². The highest BCUT2D eigenvalue weighted by Crippen LogP contribution is 2.38. The minimum absolute atomic E-state index is 0.626. The molecule has 0 aliphatic rings. The molecule has 4 heteroatoms. The summed E-state index contributed by atoms with van der Waals surface area (Å²) in [5.41, 5.74) is 8.48. The van der Waals surface area contributed by atoms with Gasteiger partial charge in [0.25, 0.3) is 0 Å². The van der Waals surface area contributed by atoms with Crippen molar-refractivity contribution in [1.29, 1.82) is 0 Å². The van der Waals surface area contributed by atoms with Gasteiger partial charge in [-0.3, -0.25) is 0 Å². The lowest BCUT2D eigenvalue weighted by Gasteiger charge is -2.15. The average Bonchev–Trinajstić information content (AvgIpc) is 3.54. The van der Waals surface area contributed by atoms with Gasteiger partial charge >= 0.3 is 0 Å². The molecule has 10 aromatic rings. The highest BCUT2D eigenvalue weighted by Gasteiger charge is 2.19. The van der Waals surface area contributed by atoms with Crippen LogP contribution >= 0.6 is 0 Å². The second-order valence-corrected chi connectivity index (χ2v) is 12.9. The highest BCUT2D eigenvalue weighted by atomic mass is 15.1. The van der Waals surface area contributed by atoms with Crippen LogP contribution in [0.15, 0.2) is 182 Å². The van der Waals surface area contributed by atoms with Crippen LogP contribution in [0.1, 0.15) is 0 Å². The second-order valence-electron chi connectivity index (χ2n) is 12.9. The maximum Gasteiger partial charge on any atom is 0.166 e. The van der Waals surface area contributed by atoms with Crippen molar-refractivity contribution in [3.63, 3.8) is 0 Å². The molecule has 0 saturated carbocycles. The molecule has 0 aliphatic heterocycles. The smallest absolute Gasteiger partial charge is 0.166 e. The second kappa shape index (κ2) is 11.9. The van der Waals surface area contributed by atoms with Gasteiger partial charge in [0.1, 0.15) is 0 Å². The normalized spacial score (nSPS) is 11.5. The summed E-state index contributed by atoms with van der Waals surface area (Å²) in [6.07, 6.45) is 0. The van der Waals surface area contributed by atoms with Crippen LogP contribution in [-0.2, 0) is 0 Å². The molecule has 238 valence electrons. The van der Waals surface area contributed by atoms with Crippen LogP contribution in [0, 0.1) is 0 Å². The van der Waals surface area contributed by atoms with Gasteiger partial charge in [-0.25, -0.2) is 15.0 Å². The molecule has 0 amide bonds. The summed E-state index contributed by atoms with van der Waals surface area (Å²) in [6, 6.07) is 64.1. The molecule has 0 aliphatic carbocycles. The van der Waals surface area contributed by atoms with Crippen LogP contribution in [0.25, 0.3) is 94.3 Å². The lowest BCUT2D eigenvalue weighted by atomic mass is 9.99. The Bertz CT molecular complexity index is 2920. The van der Waals surface area contributed by atoms with E-state index < -0.39 is 0 Å². The Hall–Kier alpha value is -6.91. The molecule has 0 radical (unpaired) electrons. The van der Waals surface area contributed by atoms with Crippen molar-refractivity contribution in [3.8, 4) is 51.0 Å². The van der Waals surface area contributed by atoms with Gasteiger partial charge in [-0.15, -0.1) is 0 Å². The predicted molar refractivity (Wildman–Crippen MR) is 211 cm³/mol. The molecule has 0 atom stereocenters. The SMILES string of the molecule is c1ccc(-c2nc(-c3ccc4ccccc4c3)nc(-c3ccccc3-n3c4ccccc4c4cc(-c5ccc6ccccc6c5)ccc43)n2)cc1. The van der Waals surface area contributed by atoms with Crippen LogP contribution in [0.3, 0.4) is 0 Å². The van der Waals surface area contributed by atoms with Gasteiger partial charge in [-0.2, -0.15) is 0 Å². The number of nitrogens with zero attached hydrogens (tertiary/aromatic N) is 4. The molecule has 2 heterocycles. The Morgan fingerprint density at radius 1 is 0.314 bits per heavy atom. The van der Waals surface area contributed by atoms with Crippen LogP contribution in [0.5, 0.6) is 0 Å². The van der Waals surface area contributed by atoms with Gasteiger partial charge in [0.15, 0.2) is 17.5 Å². The maximum atomic E-state index is 5.18. The Balaban J connectivity index is 1.18. The molecule has 10 rings (SSSR count). The maximum absolute atomic E-state index is 5.18. The monoisotopic (exact) mass is 650 g/mol. The van der Waals surface area contributed by atoms with Crippen LogP contribution in [0.2, 0.25) is 0 Å². The fraction of sp³-hybridized carbons (Fsp3) is 0. The van der Waals surface area contributed by atoms with Crippen molar-refractivity contribution in [2.45, 2.75) is 0 Å². The standard InChI is InChI=1S/C47H30N4/c1-2-14-33(15-3-1)45-48-46(38-25-23-32-13-5-7-17-35(32)29-38)50-47(49-45)40-19-9-11-21-43(40)51-42-20-10-8-18-39(42)41-30-37(26-27-44(41)51)36-24-22-31-12-4-6-16-34(31)28-36/h1-30H. The number of para-hydroxylation sites is 2. The fourth-order valence-electron chi connectivity index (χ4n) is 7.31. The molecular weight excluding hydrogens is 621 g/mol. The van der Waals surface area contributed by atoms with Crippen LogP contribution in [0.4, 0.5) is 0 Å². The van der Waals surface area contributed by atoms with Gasteiger partial charge in [0.2, 0.25) is 0 Å². The van der Waals surface area contributed by atoms with E-state index in [2.05, 4.69) is 168 Å². The first-order valence-electron chi connectivity index (χ1n) is 17.2. The summed E-state index contributed by atoms with van der Waals surface area (Å²) in [5, 5.41) is 7.20. The summed E-state index contributed by atoms with van der Waals surface area (Å²) < 4.78 is 2.35. The van der Waals surface area contributed by atoms with Crippen molar-refractivity contribution >= 4 is 43.4 Å². The van der Waals surface area contributed by atoms with E-state index >= 15 is 0 Å². The number of hydrogen-bond donors (Lipinski definition) is 0. The molecule has 0 saturated heterocycles. The third-order valence-electron chi connectivity index (χ3n) is 9.82. The molecule has 0 fully saturated rings. The Kier molecular flexibility index (Phi) is 6.78. The Morgan fingerprint density at radius 2 is 0.843 bits per heavy atom.